The molecule has 0 aliphatic carbocycles. The van der Waals surface area contributed by atoms with Crippen molar-refractivity contribution in [2.45, 2.75) is 30.6 Å². The molecule has 0 spiro atoms. The molecule has 2 aromatic rings. The van der Waals surface area contributed by atoms with E-state index in [9.17, 15) is 18.0 Å². The number of hydrogen-bond acceptors (Lipinski definition) is 5. The minimum absolute atomic E-state index is 0.0593. The summed E-state index contributed by atoms with van der Waals surface area (Å²) in [4.78, 5) is 28.8. The molecule has 5 rings (SSSR count). The minimum atomic E-state index is -3.65. The molecule has 0 aromatic heterocycles. The van der Waals surface area contributed by atoms with Gasteiger partial charge in [0.15, 0.2) is 5.84 Å². The van der Waals surface area contributed by atoms with Gasteiger partial charge in [-0.2, -0.15) is 8.42 Å². The molecule has 2 saturated heterocycles. The summed E-state index contributed by atoms with van der Waals surface area (Å²) < 4.78 is 28.6. The van der Waals surface area contributed by atoms with Gasteiger partial charge in [0.1, 0.15) is 4.90 Å². The number of piperidine rings is 1. The van der Waals surface area contributed by atoms with E-state index >= 15 is 0 Å². The summed E-state index contributed by atoms with van der Waals surface area (Å²) in [5.74, 6) is 0.356. The third-order valence-electron chi connectivity index (χ3n) is 6.28. The van der Waals surface area contributed by atoms with E-state index in [0.29, 0.717) is 56.0 Å². The molecule has 9 heteroatoms. The van der Waals surface area contributed by atoms with Crippen molar-refractivity contribution in [2.75, 3.05) is 29.9 Å². The van der Waals surface area contributed by atoms with E-state index < -0.39 is 10.0 Å². The zero-order valence-electron chi connectivity index (χ0n) is 17.5. The van der Waals surface area contributed by atoms with Crippen molar-refractivity contribution in [3.63, 3.8) is 0 Å². The molecule has 0 atom stereocenters. The molecule has 32 heavy (non-hydrogen) atoms. The number of amides is 2. The number of nitrogens with one attached hydrogen (secondary N) is 1. The summed E-state index contributed by atoms with van der Waals surface area (Å²) in [5, 5.41) is 2.98. The second-order valence-corrected chi connectivity index (χ2v) is 9.91. The SMILES string of the molecule is O=C(Nc1cccc(N2CCCC2=O)c1)C1CCN(C2=NS(=O)(=O)c3ccccc32)CC1. The monoisotopic (exact) mass is 452 g/mol. The van der Waals surface area contributed by atoms with Crippen molar-refractivity contribution < 1.29 is 18.0 Å². The number of fused-ring (bicyclic) bond motifs is 1. The Hall–Kier alpha value is -3.20. The molecule has 1 N–H and O–H groups in total. The predicted octanol–water partition coefficient (Wildman–Crippen LogP) is 2.61. The molecule has 3 aliphatic rings. The van der Waals surface area contributed by atoms with Crippen LogP contribution in [0.3, 0.4) is 0 Å². The van der Waals surface area contributed by atoms with Crippen molar-refractivity contribution in [1.29, 1.82) is 0 Å². The van der Waals surface area contributed by atoms with Crippen molar-refractivity contribution in [1.82, 2.24) is 4.90 Å². The highest BCUT2D eigenvalue weighted by Crippen LogP contribution is 2.30. The number of amidine groups is 1. The van der Waals surface area contributed by atoms with Crippen LogP contribution in [0.2, 0.25) is 0 Å². The lowest BCUT2D eigenvalue weighted by molar-refractivity contribution is -0.121. The van der Waals surface area contributed by atoms with Crippen LogP contribution in [0.5, 0.6) is 0 Å². The molecule has 8 nitrogen and oxygen atoms in total. The lowest BCUT2D eigenvalue weighted by atomic mass is 9.95. The highest BCUT2D eigenvalue weighted by Gasteiger charge is 2.34. The van der Waals surface area contributed by atoms with E-state index in [2.05, 4.69) is 9.71 Å². The molecule has 2 fully saturated rings. The maximum absolute atomic E-state index is 12.9. The molecule has 0 saturated carbocycles. The molecular formula is C23H24N4O4S. The van der Waals surface area contributed by atoms with Gasteiger partial charge < -0.3 is 15.1 Å². The van der Waals surface area contributed by atoms with E-state index in [-0.39, 0.29) is 22.6 Å². The predicted molar refractivity (Wildman–Crippen MR) is 121 cm³/mol. The van der Waals surface area contributed by atoms with Crippen LogP contribution in [-0.2, 0) is 19.6 Å². The number of carbonyl (C=O) groups excluding carboxylic acids is 2. The summed E-state index contributed by atoms with van der Waals surface area (Å²) >= 11 is 0. The first-order valence-corrected chi connectivity index (χ1v) is 12.3. The van der Waals surface area contributed by atoms with Gasteiger partial charge in [0.05, 0.1) is 0 Å². The van der Waals surface area contributed by atoms with Crippen molar-refractivity contribution in [3.05, 3.63) is 54.1 Å². The van der Waals surface area contributed by atoms with Crippen LogP contribution in [0.15, 0.2) is 57.8 Å². The molecule has 0 radical (unpaired) electrons. The second kappa shape index (κ2) is 8.05. The summed E-state index contributed by atoms with van der Waals surface area (Å²) in [6.45, 7) is 1.82. The second-order valence-electron chi connectivity index (χ2n) is 8.34. The van der Waals surface area contributed by atoms with E-state index in [0.717, 1.165) is 12.1 Å². The number of hydrogen-bond donors (Lipinski definition) is 1. The number of rotatable bonds is 3. The smallest absolute Gasteiger partial charge is 0.285 e. The first-order valence-electron chi connectivity index (χ1n) is 10.8. The number of likely N-dealkylation sites (tertiary alicyclic amines) is 1. The summed E-state index contributed by atoms with van der Waals surface area (Å²) in [6.07, 6.45) is 2.63. The Kier molecular flexibility index (Phi) is 5.21. The Morgan fingerprint density at radius 2 is 1.81 bits per heavy atom. The van der Waals surface area contributed by atoms with Gasteiger partial charge in [-0.15, -0.1) is 4.40 Å². The van der Waals surface area contributed by atoms with Gasteiger partial charge >= 0.3 is 0 Å². The topological polar surface area (TPSA) is 99.2 Å². The highest BCUT2D eigenvalue weighted by molar-refractivity contribution is 7.90. The van der Waals surface area contributed by atoms with Gasteiger partial charge in [-0.05, 0) is 49.6 Å². The van der Waals surface area contributed by atoms with Crippen LogP contribution >= 0.6 is 0 Å². The van der Waals surface area contributed by atoms with E-state index in [1.54, 1.807) is 29.2 Å². The fourth-order valence-corrected chi connectivity index (χ4v) is 5.81. The fourth-order valence-electron chi connectivity index (χ4n) is 4.59. The average Bonchev–Trinajstić information content (AvgIpc) is 3.35. The number of benzene rings is 2. The van der Waals surface area contributed by atoms with Crippen LogP contribution in [-0.4, -0.2) is 50.6 Å². The summed E-state index contributed by atoms with van der Waals surface area (Å²) in [7, 11) is -3.65. The lowest BCUT2D eigenvalue weighted by Crippen LogP contribution is -2.41. The highest BCUT2D eigenvalue weighted by atomic mass is 32.2. The zero-order valence-corrected chi connectivity index (χ0v) is 18.3. The molecule has 3 heterocycles. The first-order chi connectivity index (χ1) is 15.4. The normalized spacial score (nSPS) is 20.2. The van der Waals surface area contributed by atoms with Crippen LogP contribution in [0.4, 0.5) is 11.4 Å². The van der Waals surface area contributed by atoms with E-state index in [1.165, 1.54) is 0 Å². The molecular weight excluding hydrogens is 428 g/mol. The number of anilines is 2. The zero-order chi connectivity index (χ0) is 22.3. The van der Waals surface area contributed by atoms with Crippen molar-refractivity contribution in [2.24, 2.45) is 10.3 Å². The molecule has 2 amide bonds. The number of carbonyl (C=O) groups is 2. The molecule has 0 bridgehead atoms. The van der Waals surface area contributed by atoms with E-state index in [4.69, 9.17) is 0 Å². The molecule has 166 valence electrons. The Morgan fingerprint density at radius 1 is 1.03 bits per heavy atom. The largest absolute Gasteiger partial charge is 0.355 e. The number of nitrogens with zero attached hydrogens (tertiary/aromatic N) is 3. The fraction of sp³-hybridized carbons (Fsp3) is 0.348. The van der Waals surface area contributed by atoms with Gasteiger partial charge in [-0.1, -0.05) is 18.2 Å². The van der Waals surface area contributed by atoms with Crippen LogP contribution in [0.1, 0.15) is 31.2 Å². The molecule has 2 aromatic carbocycles. The van der Waals surface area contributed by atoms with E-state index in [1.807, 2.05) is 29.2 Å². The Bertz CT molecular complexity index is 1220. The molecule has 3 aliphatic heterocycles. The van der Waals surface area contributed by atoms with Gasteiger partial charge in [0.25, 0.3) is 10.0 Å². The molecule has 0 unspecified atom stereocenters. The Labute approximate surface area is 187 Å². The third-order valence-corrected chi connectivity index (χ3v) is 7.60. The van der Waals surface area contributed by atoms with Gasteiger partial charge in [-0.3, -0.25) is 9.59 Å². The minimum Gasteiger partial charge on any atom is -0.355 e. The first kappa shape index (κ1) is 20.7. The van der Waals surface area contributed by atoms with Crippen LogP contribution < -0.4 is 10.2 Å². The summed E-state index contributed by atoms with van der Waals surface area (Å²) in [6, 6.07) is 14.2. The average molecular weight is 453 g/mol. The van der Waals surface area contributed by atoms with Gasteiger partial charge in [0, 0.05) is 48.9 Å². The Morgan fingerprint density at radius 3 is 2.56 bits per heavy atom. The summed E-state index contributed by atoms with van der Waals surface area (Å²) in [5.41, 5.74) is 2.11. The van der Waals surface area contributed by atoms with Gasteiger partial charge in [0.2, 0.25) is 11.8 Å². The standard InChI is InChI=1S/C23H24N4O4S/c28-21-9-4-12-27(21)18-6-3-5-17(15-18)24-23(29)16-10-13-26(14-11-16)22-19-7-1-2-8-20(19)32(30,31)25-22/h1-3,5-8,15-16H,4,9-14H2,(H,24,29). The number of sulfonamides is 1. The van der Waals surface area contributed by atoms with Gasteiger partial charge in [-0.25, -0.2) is 0 Å². The Balaban J connectivity index is 1.23. The van der Waals surface area contributed by atoms with Crippen LogP contribution in [0.25, 0.3) is 0 Å². The quantitative estimate of drug-likeness (QED) is 0.772. The maximum Gasteiger partial charge on any atom is 0.285 e. The van der Waals surface area contributed by atoms with Crippen molar-refractivity contribution in [3.8, 4) is 0 Å². The van der Waals surface area contributed by atoms with Crippen LogP contribution in [0, 0.1) is 5.92 Å². The van der Waals surface area contributed by atoms with Crippen molar-refractivity contribution >= 4 is 39.0 Å². The third kappa shape index (κ3) is 3.77. The lowest BCUT2D eigenvalue weighted by Gasteiger charge is -2.32. The maximum atomic E-state index is 12.9.